The average Bonchev–Trinajstić information content (AvgIpc) is 3.11. The molecule has 0 N–H and O–H groups in total. The molecule has 240 valence electrons. The minimum absolute atomic E-state index is 0.363. The summed E-state index contributed by atoms with van der Waals surface area (Å²) in [6, 6.07) is 23.6. The van der Waals surface area contributed by atoms with Crippen molar-refractivity contribution in [2.75, 3.05) is 38.1 Å². The summed E-state index contributed by atoms with van der Waals surface area (Å²) in [5, 5.41) is 0.725. The third-order valence-electron chi connectivity index (χ3n) is 8.12. The van der Waals surface area contributed by atoms with Crippen LogP contribution in [0.4, 0.5) is 11.6 Å². The molecule has 0 radical (unpaired) electrons. The molecule has 0 bridgehead atoms. The molecule has 8 nitrogen and oxygen atoms in total. The number of benzene rings is 2. The van der Waals surface area contributed by atoms with E-state index in [0.29, 0.717) is 33.7 Å². The molecule has 0 amide bonds. The number of fused-ring (bicyclic) bond motifs is 2. The zero-order chi connectivity index (χ0) is 32.5. The van der Waals surface area contributed by atoms with Gasteiger partial charge in [-0.25, -0.2) is 0 Å². The van der Waals surface area contributed by atoms with Crippen LogP contribution in [0.1, 0.15) is 47.9 Å². The molecule has 0 saturated heterocycles. The van der Waals surface area contributed by atoms with E-state index < -0.39 is 0 Å². The van der Waals surface area contributed by atoms with E-state index in [1.807, 2.05) is 50.5 Å². The summed E-state index contributed by atoms with van der Waals surface area (Å²) >= 11 is 10.8. The second kappa shape index (κ2) is 15.8. The molecule has 4 aromatic rings. The zero-order valence-corrected chi connectivity index (χ0v) is 28.5. The van der Waals surface area contributed by atoms with Gasteiger partial charge in [-0.15, -0.1) is 0 Å². The van der Waals surface area contributed by atoms with Gasteiger partial charge in [-0.05, 0) is 134 Å². The van der Waals surface area contributed by atoms with Crippen LogP contribution in [0.5, 0.6) is 23.3 Å². The molecule has 0 fully saturated rings. The summed E-state index contributed by atoms with van der Waals surface area (Å²) in [4.78, 5) is 12.2. The van der Waals surface area contributed by atoms with Crippen molar-refractivity contribution in [2.24, 2.45) is 0 Å². The molecule has 0 aliphatic heterocycles. The Morgan fingerprint density at radius 1 is 0.565 bits per heavy atom. The highest BCUT2D eigenvalue weighted by Gasteiger charge is 2.16. The molecule has 2 aliphatic rings. The van der Waals surface area contributed by atoms with Crippen molar-refractivity contribution in [3.63, 3.8) is 0 Å². The first-order valence-electron chi connectivity index (χ1n) is 15.5. The quantitative estimate of drug-likeness (QED) is 0.195. The summed E-state index contributed by atoms with van der Waals surface area (Å²) in [6.07, 6.45) is 9.59. The van der Waals surface area contributed by atoms with Crippen molar-refractivity contribution in [3.05, 3.63) is 95.1 Å². The van der Waals surface area contributed by atoms with Crippen LogP contribution in [-0.4, -0.2) is 48.6 Å². The molecule has 0 atom stereocenters. The van der Waals surface area contributed by atoms with Gasteiger partial charge in [0.15, 0.2) is 0 Å². The van der Waals surface area contributed by atoms with Gasteiger partial charge in [-0.2, -0.15) is 9.97 Å². The Bertz CT molecular complexity index is 1560. The fourth-order valence-corrected chi connectivity index (χ4v) is 5.86. The number of hydrogen-bond donors (Lipinski definition) is 0. The summed E-state index contributed by atoms with van der Waals surface area (Å²) < 4.78 is 22.0. The molecule has 46 heavy (non-hydrogen) atoms. The van der Waals surface area contributed by atoms with Crippen LogP contribution in [-0.2, 0) is 25.7 Å². The van der Waals surface area contributed by atoms with Crippen LogP contribution >= 0.6 is 24.4 Å². The number of nitrogens with zero attached hydrogens (tertiary/aromatic N) is 4. The summed E-state index contributed by atoms with van der Waals surface area (Å²) in [5.74, 6) is 4.03. The summed E-state index contributed by atoms with van der Waals surface area (Å²) in [6.45, 7) is 0. The lowest BCUT2D eigenvalue weighted by molar-refractivity contribution is 0.398. The Kier molecular flexibility index (Phi) is 11.4. The standard InChI is InChI=1S/2C18H20N2O2S/c2*1-20(16-8-5-9-17(19-16)21-2)18(23)22-15-11-10-13-6-3-4-7-14(13)12-15/h2*5,8-12H,3-4,6-7H2,1-2H3. The van der Waals surface area contributed by atoms with Crippen molar-refractivity contribution < 1.29 is 18.9 Å². The first-order chi connectivity index (χ1) is 22.3. The van der Waals surface area contributed by atoms with Crippen molar-refractivity contribution in [1.82, 2.24) is 9.97 Å². The third kappa shape index (κ3) is 8.50. The molecule has 2 aromatic carbocycles. The second-order valence-electron chi connectivity index (χ2n) is 11.2. The first-order valence-corrected chi connectivity index (χ1v) is 16.3. The van der Waals surface area contributed by atoms with Crippen molar-refractivity contribution in [2.45, 2.75) is 51.4 Å². The van der Waals surface area contributed by atoms with Crippen LogP contribution < -0.4 is 28.7 Å². The van der Waals surface area contributed by atoms with E-state index in [0.717, 1.165) is 37.2 Å². The van der Waals surface area contributed by atoms with Crippen LogP contribution in [0.15, 0.2) is 72.8 Å². The van der Waals surface area contributed by atoms with Crippen molar-refractivity contribution in [3.8, 4) is 23.3 Å². The fraction of sp³-hybridized carbons (Fsp3) is 0.333. The minimum Gasteiger partial charge on any atom is -0.481 e. The van der Waals surface area contributed by atoms with Crippen molar-refractivity contribution >= 4 is 46.4 Å². The van der Waals surface area contributed by atoms with Gasteiger partial charge in [-0.3, -0.25) is 9.80 Å². The Morgan fingerprint density at radius 2 is 0.957 bits per heavy atom. The number of anilines is 2. The lowest BCUT2D eigenvalue weighted by Gasteiger charge is -2.21. The van der Waals surface area contributed by atoms with Crippen LogP contribution in [0.2, 0.25) is 0 Å². The number of methoxy groups -OCH3 is 2. The minimum atomic E-state index is 0.363. The van der Waals surface area contributed by atoms with Crippen LogP contribution in [0, 0.1) is 0 Å². The average molecular weight is 657 g/mol. The van der Waals surface area contributed by atoms with Crippen LogP contribution in [0.3, 0.4) is 0 Å². The van der Waals surface area contributed by atoms with E-state index in [1.54, 1.807) is 36.2 Å². The van der Waals surface area contributed by atoms with Gasteiger partial charge in [0.05, 0.1) is 14.2 Å². The topological polar surface area (TPSA) is 69.2 Å². The molecule has 0 unspecified atom stereocenters. The van der Waals surface area contributed by atoms with Gasteiger partial charge in [-0.1, -0.05) is 24.3 Å². The van der Waals surface area contributed by atoms with E-state index in [-0.39, 0.29) is 0 Å². The Balaban J connectivity index is 0.000000181. The third-order valence-corrected chi connectivity index (χ3v) is 8.84. The highest BCUT2D eigenvalue weighted by atomic mass is 32.1. The molecule has 0 spiro atoms. The second-order valence-corrected chi connectivity index (χ2v) is 11.9. The zero-order valence-electron chi connectivity index (χ0n) is 26.8. The maximum absolute atomic E-state index is 5.85. The SMILES string of the molecule is COc1cccc(N(C)C(=S)Oc2ccc3c(c2)CCCC3)n1.COc1cccc(N(C)C(=S)Oc2ccc3c(c2)CCCC3)n1. The number of pyridine rings is 2. The van der Waals surface area contributed by atoms with E-state index in [9.17, 15) is 0 Å². The van der Waals surface area contributed by atoms with Gasteiger partial charge in [0.1, 0.15) is 23.1 Å². The van der Waals surface area contributed by atoms with Gasteiger partial charge < -0.3 is 18.9 Å². The van der Waals surface area contributed by atoms with Crippen molar-refractivity contribution in [1.29, 1.82) is 0 Å². The maximum atomic E-state index is 5.85. The maximum Gasteiger partial charge on any atom is 0.270 e. The number of hydrogen-bond acceptors (Lipinski definition) is 8. The Labute approximate surface area is 282 Å². The predicted octanol–water partition coefficient (Wildman–Crippen LogP) is 7.54. The highest BCUT2D eigenvalue weighted by Crippen LogP contribution is 2.27. The van der Waals surface area contributed by atoms with E-state index in [4.69, 9.17) is 43.4 Å². The molecular weight excluding hydrogens is 617 g/mol. The lowest BCUT2D eigenvalue weighted by Crippen LogP contribution is -2.30. The lowest BCUT2D eigenvalue weighted by atomic mass is 9.92. The number of rotatable bonds is 6. The molecule has 6 rings (SSSR count). The van der Waals surface area contributed by atoms with Gasteiger partial charge in [0, 0.05) is 26.2 Å². The molecule has 2 heterocycles. The largest absolute Gasteiger partial charge is 0.481 e. The normalized spacial score (nSPS) is 13.1. The van der Waals surface area contributed by atoms with E-state index in [2.05, 4.69) is 34.2 Å². The molecule has 2 aliphatic carbocycles. The molecular formula is C36H40N4O4S2. The van der Waals surface area contributed by atoms with Gasteiger partial charge >= 0.3 is 0 Å². The number of aromatic nitrogens is 2. The summed E-state index contributed by atoms with van der Waals surface area (Å²) in [5.41, 5.74) is 5.60. The smallest absolute Gasteiger partial charge is 0.270 e. The Hall–Kier alpha value is -4.28. The molecule has 0 saturated carbocycles. The number of ether oxygens (including phenoxy) is 4. The number of aryl methyl sites for hydroxylation is 4. The summed E-state index contributed by atoms with van der Waals surface area (Å²) in [7, 11) is 6.85. The Morgan fingerprint density at radius 3 is 1.35 bits per heavy atom. The molecule has 10 heteroatoms. The van der Waals surface area contributed by atoms with Gasteiger partial charge in [0.2, 0.25) is 11.8 Å². The van der Waals surface area contributed by atoms with E-state index in [1.165, 1.54) is 47.9 Å². The first kappa shape index (κ1) is 33.1. The van der Waals surface area contributed by atoms with E-state index >= 15 is 0 Å². The predicted molar refractivity (Wildman–Crippen MR) is 191 cm³/mol. The monoisotopic (exact) mass is 656 g/mol. The molecule has 2 aromatic heterocycles. The van der Waals surface area contributed by atoms with Gasteiger partial charge in [0.25, 0.3) is 10.3 Å². The van der Waals surface area contributed by atoms with Crippen LogP contribution in [0.25, 0.3) is 0 Å². The highest BCUT2D eigenvalue weighted by molar-refractivity contribution is 7.80. The number of thiocarbonyl (C=S) groups is 2. The fourth-order valence-electron chi connectivity index (χ4n) is 5.48.